The smallest absolute Gasteiger partial charge is 0.0677 e. The van der Waals surface area contributed by atoms with Gasteiger partial charge < -0.3 is 4.90 Å². The molecule has 0 amide bonds. The van der Waals surface area contributed by atoms with Gasteiger partial charge in [0.05, 0.1) is 24.5 Å². The minimum Gasteiger partial charge on any atom is -0.366 e. The fourth-order valence-corrected chi connectivity index (χ4v) is 2.91. The van der Waals surface area contributed by atoms with E-state index in [4.69, 9.17) is 5.26 Å². The van der Waals surface area contributed by atoms with Crippen LogP contribution in [0, 0.1) is 28.6 Å². The Hall–Kier alpha value is -2.00. The first-order valence-corrected chi connectivity index (χ1v) is 6.95. The van der Waals surface area contributed by atoms with Crippen LogP contribution in [0.1, 0.15) is 32.1 Å². The van der Waals surface area contributed by atoms with Gasteiger partial charge in [0, 0.05) is 18.3 Å². The maximum absolute atomic E-state index is 9.34. The maximum Gasteiger partial charge on any atom is 0.0677 e. The van der Waals surface area contributed by atoms with Gasteiger partial charge in [0.15, 0.2) is 0 Å². The van der Waals surface area contributed by atoms with E-state index < -0.39 is 0 Å². The molecule has 3 nitrogen and oxygen atoms in total. The number of para-hydroxylation sites is 1. The molecular weight excluding hydrogens is 234 g/mol. The Morgan fingerprint density at radius 1 is 1.11 bits per heavy atom. The van der Waals surface area contributed by atoms with Gasteiger partial charge in [-0.25, -0.2) is 0 Å². The van der Waals surface area contributed by atoms with Crippen molar-refractivity contribution in [2.24, 2.45) is 5.92 Å². The van der Waals surface area contributed by atoms with E-state index in [0.29, 0.717) is 13.0 Å². The highest BCUT2D eigenvalue weighted by atomic mass is 15.2. The molecule has 0 heterocycles. The highest BCUT2D eigenvalue weighted by molar-refractivity contribution is 5.47. The summed E-state index contributed by atoms with van der Waals surface area (Å²) in [5.41, 5.74) is 1.13. The molecule has 0 N–H and O–H groups in total. The topological polar surface area (TPSA) is 50.8 Å². The van der Waals surface area contributed by atoms with E-state index in [9.17, 15) is 5.26 Å². The van der Waals surface area contributed by atoms with Gasteiger partial charge in [-0.2, -0.15) is 10.5 Å². The van der Waals surface area contributed by atoms with Crippen molar-refractivity contribution in [2.75, 3.05) is 11.4 Å². The third-order valence-electron chi connectivity index (χ3n) is 3.85. The summed E-state index contributed by atoms with van der Waals surface area (Å²) in [5, 5.41) is 18.2. The zero-order valence-electron chi connectivity index (χ0n) is 11.1. The van der Waals surface area contributed by atoms with Crippen LogP contribution >= 0.6 is 0 Å². The number of nitriles is 2. The van der Waals surface area contributed by atoms with Crippen LogP contribution in [-0.2, 0) is 0 Å². The molecule has 98 valence electrons. The quantitative estimate of drug-likeness (QED) is 0.825. The lowest BCUT2D eigenvalue weighted by atomic mass is 9.84. The van der Waals surface area contributed by atoms with Crippen LogP contribution in [0.25, 0.3) is 0 Å². The maximum atomic E-state index is 9.34. The second-order valence-electron chi connectivity index (χ2n) is 5.02. The SMILES string of the molecule is N#CCCN(c1ccccc1)C1CCCCC1C#N. The summed E-state index contributed by atoms with van der Waals surface area (Å²) in [6, 6.07) is 15.1. The molecule has 2 unspecified atom stereocenters. The van der Waals surface area contributed by atoms with E-state index in [2.05, 4.69) is 29.2 Å². The number of hydrogen-bond donors (Lipinski definition) is 0. The largest absolute Gasteiger partial charge is 0.366 e. The molecule has 1 aliphatic rings. The second kappa shape index (κ2) is 6.81. The Kier molecular flexibility index (Phi) is 4.81. The fourth-order valence-electron chi connectivity index (χ4n) is 2.91. The molecular formula is C16H19N3. The van der Waals surface area contributed by atoms with Crippen molar-refractivity contribution in [2.45, 2.75) is 38.1 Å². The normalized spacial score (nSPS) is 22.2. The van der Waals surface area contributed by atoms with Crippen molar-refractivity contribution in [3.05, 3.63) is 30.3 Å². The second-order valence-corrected chi connectivity index (χ2v) is 5.02. The van der Waals surface area contributed by atoms with Crippen LogP contribution in [0.5, 0.6) is 0 Å². The standard InChI is InChI=1S/C16H19N3/c17-11-6-12-19(15-8-2-1-3-9-15)16-10-5-4-7-14(16)13-18/h1-3,8-9,14,16H,4-7,10,12H2. The van der Waals surface area contributed by atoms with E-state index in [1.165, 1.54) is 6.42 Å². The highest BCUT2D eigenvalue weighted by Crippen LogP contribution is 2.31. The molecule has 1 fully saturated rings. The molecule has 2 atom stereocenters. The van der Waals surface area contributed by atoms with Gasteiger partial charge in [-0.3, -0.25) is 0 Å². The molecule has 19 heavy (non-hydrogen) atoms. The summed E-state index contributed by atoms with van der Waals surface area (Å²) < 4.78 is 0. The molecule has 0 spiro atoms. The molecule has 0 aliphatic heterocycles. The molecule has 1 aliphatic carbocycles. The van der Waals surface area contributed by atoms with Crippen molar-refractivity contribution in [3.8, 4) is 12.1 Å². The summed E-state index contributed by atoms with van der Waals surface area (Å²) in [5.74, 6) is 0.0904. The molecule has 0 radical (unpaired) electrons. The lowest BCUT2D eigenvalue weighted by molar-refractivity contribution is 0.349. The third kappa shape index (κ3) is 3.26. The molecule has 0 bridgehead atoms. The molecule has 3 heteroatoms. The number of hydrogen-bond acceptors (Lipinski definition) is 3. The fraction of sp³-hybridized carbons (Fsp3) is 0.500. The summed E-state index contributed by atoms with van der Waals surface area (Å²) in [6.07, 6.45) is 4.87. The summed E-state index contributed by atoms with van der Waals surface area (Å²) in [7, 11) is 0. The zero-order valence-corrected chi connectivity index (χ0v) is 11.1. The van der Waals surface area contributed by atoms with Gasteiger partial charge in [0.2, 0.25) is 0 Å². The summed E-state index contributed by atoms with van der Waals surface area (Å²) in [6.45, 7) is 0.712. The monoisotopic (exact) mass is 253 g/mol. The summed E-state index contributed by atoms with van der Waals surface area (Å²) in [4.78, 5) is 2.26. The molecule has 2 rings (SSSR count). The zero-order chi connectivity index (χ0) is 13.5. The van der Waals surface area contributed by atoms with Gasteiger partial charge in [-0.05, 0) is 25.0 Å². The molecule has 1 saturated carbocycles. The average molecular weight is 253 g/mol. The van der Waals surface area contributed by atoms with E-state index in [-0.39, 0.29) is 12.0 Å². The Morgan fingerprint density at radius 2 is 1.84 bits per heavy atom. The Morgan fingerprint density at radius 3 is 2.53 bits per heavy atom. The van der Waals surface area contributed by atoms with E-state index in [1.807, 2.05) is 18.2 Å². The van der Waals surface area contributed by atoms with Crippen LogP contribution in [0.15, 0.2) is 30.3 Å². The van der Waals surface area contributed by atoms with Gasteiger partial charge in [0.1, 0.15) is 0 Å². The third-order valence-corrected chi connectivity index (χ3v) is 3.85. The minimum atomic E-state index is 0.0904. The molecule has 1 aromatic rings. The molecule has 0 aromatic heterocycles. The highest BCUT2D eigenvalue weighted by Gasteiger charge is 2.30. The van der Waals surface area contributed by atoms with Crippen LogP contribution in [0.2, 0.25) is 0 Å². The number of nitrogens with zero attached hydrogens (tertiary/aromatic N) is 3. The molecule has 1 aromatic carbocycles. The minimum absolute atomic E-state index is 0.0904. The van der Waals surface area contributed by atoms with Gasteiger partial charge in [-0.1, -0.05) is 31.0 Å². The van der Waals surface area contributed by atoms with Gasteiger partial charge in [0.25, 0.3) is 0 Å². The van der Waals surface area contributed by atoms with Gasteiger partial charge >= 0.3 is 0 Å². The van der Waals surface area contributed by atoms with Crippen LogP contribution in [-0.4, -0.2) is 12.6 Å². The summed E-state index contributed by atoms with van der Waals surface area (Å²) >= 11 is 0. The van der Waals surface area contributed by atoms with E-state index in [1.54, 1.807) is 0 Å². The van der Waals surface area contributed by atoms with Crippen molar-refractivity contribution < 1.29 is 0 Å². The van der Waals surface area contributed by atoms with E-state index in [0.717, 1.165) is 24.9 Å². The van der Waals surface area contributed by atoms with Crippen molar-refractivity contribution in [3.63, 3.8) is 0 Å². The number of benzene rings is 1. The predicted molar refractivity (Wildman–Crippen MR) is 75.4 cm³/mol. The van der Waals surface area contributed by atoms with Crippen molar-refractivity contribution in [1.29, 1.82) is 10.5 Å². The van der Waals surface area contributed by atoms with Gasteiger partial charge in [-0.15, -0.1) is 0 Å². The van der Waals surface area contributed by atoms with Crippen LogP contribution < -0.4 is 4.90 Å². The first-order chi connectivity index (χ1) is 9.36. The Balaban J connectivity index is 2.22. The molecule has 0 saturated heterocycles. The Bertz CT molecular complexity index is 469. The average Bonchev–Trinajstić information content (AvgIpc) is 2.49. The number of rotatable bonds is 4. The lowest BCUT2D eigenvalue weighted by Crippen LogP contribution is -2.42. The first-order valence-electron chi connectivity index (χ1n) is 6.95. The Labute approximate surface area is 115 Å². The van der Waals surface area contributed by atoms with Crippen molar-refractivity contribution in [1.82, 2.24) is 0 Å². The van der Waals surface area contributed by atoms with E-state index >= 15 is 0 Å². The van der Waals surface area contributed by atoms with Crippen molar-refractivity contribution >= 4 is 5.69 Å². The predicted octanol–water partition coefficient (Wildman–Crippen LogP) is 3.49. The number of anilines is 1. The lowest BCUT2D eigenvalue weighted by Gasteiger charge is -2.38. The van der Waals surface area contributed by atoms with Crippen LogP contribution in [0.3, 0.4) is 0 Å². The first kappa shape index (κ1) is 13.4. The van der Waals surface area contributed by atoms with Crippen LogP contribution in [0.4, 0.5) is 5.69 Å².